The first-order valence-corrected chi connectivity index (χ1v) is 8.02. The zero-order valence-corrected chi connectivity index (χ0v) is 14.0. The van der Waals surface area contributed by atoms with E-state index >= 15 is 0 Å². The molecular weight excluding hydrogens is 378 g/mol. The van der Waals surface area contributed by atoms with Crippen molar-refractivity contribution in [2.75, 3.05) is 12.1 Å². The molecule has 2 fully saturated rings. The number of esters is 1. The van der Waals surface area contributed by atoms with Gasteiger partial charge in [-0.05, 0) is 6.07 Å². The van der Waals surface area contributed by atoms with Crippen molar-refractivity contribution in [3.05, 3.63) is 47.0 Å². The number of aromatic nitrogens is 4. The number of hydrogen-bond acceptors (Lipinski definition) is 12. The summed E-state index contributed by atoms with van der Waals surface area (Å²) >= 11 is 0. The highest BCUT2D eigenvalue weighted by atomic mass is 16.8. The van der Waals surface area contributed by atoms with Gasteiger partial charge in [0.05, 0.1) is 6.20 Å². The average molecular weight is 391 g/mol. The van der Waals surface area contributed by atoms with Crippen LogP contribution in [0.4, 0.5) is 10.6 Å². The maximum absolute atomic E-state index is 12.2. The molecule has 0 radical (unpaired) electrons. The Labute approximate surface area is 155 Å². The number of carbonyl (C=O) groups excluding carboxylic acids is 2. The number of nitrogens with one attached hydrogen (secondary N) is 1. The maximum atomic E-state index is 12.2. The summed E-state index contributed by atoms with van der Waals surface area (Å²) in [6.45, 7) is -0.276. The summed E-state index contributed by atoms with van der Waals surface area (Å²) in [4.78, 5) is 46.9. The van der Waals surface area contributed by atoms with E-state index in [1.807, 2.05) is 0 Å². The quantitative estimate of drug-likeness (QED) is 0.496. The smallest absolute Gasteiger partial charge is 0.458 e. The lowest BCUT2D eigenvalue weighted by Crippen LogP contribution is -2.34. The largest absolute Gasteiger partial charge is 0.509 e. The Bertz CT molecular complexity index is 951. The zero-order valence-electron chi connectivity index (χ0n) is 14.0. The molecule has 2 saturated heterocycles. The molecule has 28 heavy (non-hydrogen) atoms. The molecule has 0 aromatic carbocycles. The van der Waals surface area contributed by atoms with Crippen LogP contribution in [0.2, 0.25) is 0 Å². The van der Waals surface area contributed by atoms with Gasteiger partial charge < -0.3 is 18.9 Å². The first kappa shape index (κ1) is 17.8. The molecule has 0 saturated carbocycles. The minimum atomic E-state index is -1.05. The lowest BCUT2D eigenvalue weighted by Gasteiger charge is -2.18. The number of nitrogens with zero attached hydrogens (tertiary/aromatic N) is 4. The monoisotopic (exact) mass is 391 g/mol. The third-order valence-corrected chi connectivity index (χ3v) is 4.12. The number of fused-ring (bicyclic) bond motifs is 1. The number of carbonyl (C=O) groups is 2. The van der Waals surface area contributed by atoms with Crippen LogP contribution in [-0.2, 0) is 18.9 Å². The highest BCUT2D eigenvalue weighted by Crippen LogP contribution is 2.37. The van der Waals surface area contributed by atoms with Crippen molar-refractivity contribution in [3.8, 4) is 0 Å². The Balaban J connectivity index is 1.51. The molecule has 13 nitrogen and oxygen atoms in total. The van der Waals surface area contributed by atoms with Gasteiger partial charge in [0.2, 0.25) is 0 Å². The Morgan fingerprint density at radius 1 is 1.29 bits per heavy atom. The van der Waals surface area contributed by atoms with Gasteiger partial charge in [-0.25, -0.2) is 19.4 Å². The van der Waals surface area contributed by atoms with E-state index in [0.29, 0.717) is 0 Å². The summed E-state index contributed by atoms with van der Waals surface area (Å²) < 4.78 is 22.1. The van der Waals surface area contributed by atoms with Gasteiger partial charge in [-0.1, -0.05) is 0 Å². The SMILES string of the molecule is O=C1O[C@@H]2[C@H](O1)[C@@H](COC(=O)c1cnccn1)O[C@H]2n1ccc(NO)nc1=O. The van der Waals surface area contributed by atoms with E-state index in [0.717, 1.165) is 4.57 Å². The molecule has 4 rings (SSSR count). The summed E-state index contributed by atoms with van der Waals surface area (Å²) in [6.07, 6.45) is 0.586. The zero-order chi connectivity index (χ0) is 19.7. The third kappa shape index (κ3) is 3.23. The highest BCUT2D eigenvalue weighted by molar-refractivity contribution is 5.86. The lowest BCUT2D eigenvalue weighted by molar-refractivity contribution is -0.0769. The Kier molecular flexibility index (Phi) is 4.58. The fraction of sp³-hybridized carbons (Fsp3) is 0.333. The number of anilines is 1. The van der Waals surface area contributed by atoms with Gasteiger partial charge in [0, 0.05) is 18.6 Å². The molecule has 0 bridgehead atoms. The number of rotatable bonds is 5. The van der Waals surface area contributed by atoms with Crippen LogP contribution in [0.15, 0.2) is 35.6 Å². The van der Waals surface area contributed by atoms with E-state index in [2.05, 4.69) is 15.0 Å². The molecule has 0 amide bonds. The van der Waals surface area contributed by atoms with Crippen molar-refractivity contribution in [3.63, 3.8) is 0 Å². The third-order valence-electron chi connectivity index (χ3n) is 4.12. The van der Waals surface area contributed by atoms with E-state index in [1.165, 1.54) is 30.9 Å². The fourth-order valence-corrected chi connectivity index (χ4v) is 2.89. The van der Waals surface area contributed by atoms with Crippen molar-refractivity contribution in [1.82, 2.24) is 19.5 Å². The first-order valence-electron chi connectivity index (χ1n) is 8.02. The molecule has 2 aromatic rings. The average Bonchev–Trinajstić information content (AvgIpc) is 3.24. The predicted molar refractivity (Wildman–Crippen MR) is 85.3 cm³/mol. The van der Waals surface area contributed by atoms with Crippen molar-refractivity contribution >= 4 is 17.9 Å². The van der Waals surface area contributed by atoms with Crippen LogP contribution >= 0.6 is 0 Å². The molecule has 4 heterocycles. The van der Waals surface area contributed by atoms with Gasteiger partial charge in [0.15, 0.2) is 29.9 Å². The van der Waals surface area contributed by atoms with Gasteiger partial charge in [-0.3, -0.25) is 20.2 Å². The minimum absolute atomic E-state index is 0.000718. The molecule has 146 valence electrons. The predicted octanol–water partition coefficient (Wildman–Crippen LogP) is -0.507. The topological polar surface area (TPSA) is 164 Å². The Morgan fingerprint density at radius 3 is 2.82 bits per heavy atom. The minimum Gasteiger partial charge on any atom is -0.458 e. The van der Waals surface area contributed by atoms with Crippen LogP contribution in [0, 0.1) is 0 Å². The van der Waals surface area contributed by atoms with Crippen LogP contribution in [0.3, 0.4) is 0 Å². The molecule has 2 N–H and O–H groups in total. The number of ether oxygens (including phenoxy) is 4. The number of hydrogen-bond donors (Lipinski definition) is 2. The molecule has 13 heteroatoms. The molecule has 2 aliphatic heterocycles. The highest BCUT2D eigenvalue weighted by Gasteiger charge is 2.55. The van der Waals surface area contributed by atoms with Gasteiger partial charge in [-0.2, -0.15) is 4.98 Å². The van der Waals surface area contributed by atoms with Gasteiger partial charge >= 0.3 is 17.8 Å². The molecule has 2 aromatic heterocycles. The van der Waals surface area contributed by atoms with Gasteiger partial charge in [0.1, 0.15) is 12.7 Å². The normalized spacial score (nSPS) is 25.5. The van der Waals surface area contributed by atoms with E-state index in [4.69, 9.17) is 24.2 Å². The van der Waals surface area contributed by atoms with Crippen LogP contribution < -0.4 is 11.2 Å². The van der Waals surface area contributed by atoms with E-state index < -0.39 is 42.4 Å². The second-order valence-electron chi connectivity index (χ2n) is 5.78. The van der Waals surface area contributed by atoms with Gasteiger partial charge in [-0.15, -0.1) is 0 Å². The van der Waals surface area contributed by atoms with Crippen LogP contribution in [-0.4, -0.2) is 61.8 Å². The van der Waals surface area contributed by atoms with E-state index in [-0.39, 0.29) is 18.1 Å². The molecule has 0 spiro atoms. The van der Waals surface area contributed by atoms with Crippen LogP contribution in [0.5, 0.6) is 0 Å². The van der Waals surface area contributed by atoms with Crippen molar-refractivity contribution in [1.29, 1.82) is 0 Å². The second kappa shape index (κ2) is 7.21. The summed E-state index contributed by atoms with van der Waals surface area (Å²) in [5.74, 6) is -0.802. The Hall–Kier alpha value is -3.58. The Morgan fingerprint density at radius 2 is 2.11 bits per heavy atom. The van der Waals surface area contributed by atoms with Crippen LogP contribution in [0.25, 0.3) is 0 Å². The fourth-order valence-electron chi connectivity index (χ4n) is 2.89. The van der Waals surface area contributed by atoms with Crippen molar-refractivity contribution < 1.29 is 33.7 Å². The molecule has 4 atom stereocenters. The molecule has 0 aliphatic carbocycles. The first-order chi connectivity index (χ1) is 13.6. The van der Waals surface area contributed by atoms with Crippen molar-refractivity contribution in [2.24, 2.45) is 0 Å². The standard InChI is InChI=1S/C15H13N5O8/c21-13(7-5-16-2-3-17-7)25-6-8-10-11(28-15(23)27-10)12(26-8)20-4-1-9(19-24)18-14(20)22/h1-5,8,10-12,24H,6H2,(H,18,19,22)/t8-,10-,11-,12-/m1/s1. The van der Waals surface area contributed by atoms with E-state index in [9.17, 15) is 14.4 Å². The molecular formula is C15H13N5O8. The summed E-state index contributed by atoms with van der Waals surface area (Å²) in [5.41, 5.74) is 0.992. The summed E-state index contributed by atoms with van der Waals surface area (Å²) in [5, 5.41) is 8.82. The van der Waals surface area contributed by atoms with Crippen molar-refractivity contribution in [2.45, 2.75) is 24.5 Å². The summed E-state index contributed by atoms with van der Waals surface area (Å²) in [6, 6.07) is 1.32. The van der Waals surface area contributed by atoms with Gasteiger partial charge in [0.25, 0.3) is 0 Å². The maximum Gasteiger partial charge on any atom is 0.509 e. The molecule has 2 aliphatic rings. The van der Waals surface area contributed by atoms with E-state index in [1.54, 1.807) is 5.48 Å². The van der Waals surface area contributed by atoms with Crippen LogP contribution in [0.1, 0.15) is 16.7 Å². The lowest BCUT2D eigenvalue weighted by atomic mass is 10.1. The second-order valence-corrected chi connectivity index (χ2v) is 5.78. The molecule has 0 unspecified atom stereocenters. The summed E-state index contributed by atoms with van der Waals surface area (Å²) in [7, 11) is 0.